The summed E-state index contributed by atoms with van der Waals surface area (Å²) in [5.41, 5.74) is 1.08. The first-order valence-electron chi connectivity index (χ1n) is 7.79. The Morgan fingerprint density at radius 3 is 2.32 bits per heavy atom. The molecule has 0 spiro atoms. The van der Waals surface area contributed by atoms with Crippen LogP contribution in [0.25, 0.3) is 0 Å². The molecule has 2 atom stereocenters. The fourth-order valence-electron chi connectivity index (χ4n) is 2.83. The number of carbonyl (C=O) groups excluding carboxylic acids is 1. The molecule has 3 rings (SSSR count). The molecular formula is C19H21NOS. The standard InChI is InChI=1S/C19H21NOS/c1-15-12-13-20(14-15)19(21)18(16-8-4-2-5-9-16)22-17-10-6-3-7-11-17/h2-11,15,18H,12-14H2,1H3. The van der Waals surface area contributed by atoms with Crippen LogP contribution >= 0.6 is 11.8 Å². The molecule has 1 saturated heterocycles. The minimum atomic E-state index is -0.158. The van der Waals surface area contributed by atoms with Crippen molar-refractivity contribution in [3.05, 3.63) is 66.2 Å². The molecule has 1 aliphatic heterocycles. The second kappa shape index (κ2) is 7.01. The lowest BCUT2D eigenvalue weighted by atomic mass is 10.1. The quantitative estimate of drug-likeness (QED) is 0.781. The van der Waals surface area contributed by atoms with Crippen molar-refractivity contribution in [3.8, 4) is 0 Å². The Morgan fingerprint density at radius 2 is 1.73 bits per heavy atom. The highest BCUT2D eigenvalue weighted by atomic mass is 32.2. The molecule has 2 aromatic rings. The van der Waals surface area contributed by atoms with Crippen LogP contribution in [0.3, 0.4) is 0 Å². The number of carbonyl (C=O) groups is 1. The number of benzene rings is 2. The average molecular weight is 311 g/mol. The molecule has 0 aromatic heterocycles. The molecule has 0 aliphatic carbocycles. The van der Waals surface area contributed by atoms with Crippen molar-refractivity contribution in [2.75, 3.05) is 13.1 Å². The van der Waals surface area contributed by atoms with Gasteiger partial charge in [-0.1, -0.05) is 55.5 Å². The number of rotatable bonds is 4. The molecule has 2 nitrogen and oxygen atoms in total. The van der Waals surface area contributed by atoms with E-state index in [-0.39, 0.29) is 11.2 Å². The van der Waals surface area contributed by atoms with Gasteiger partial charge in [-0.15, -0.1) is 11.8 Å². The van der Waals surface area contributed by atoms with E-state index in [4.69, 9.17) is 0 Å². The number of nitrogens with zero attached hydrogens (tertiary/aromatic N) is 1. The smallest absolute Gasteiger partial charge is 0.240 e. The highest BCUT2D eigenvalue weighted by Crippen LogP contribution is 2.37. The molecule has 3 heteroatoms. The van der Waals surface area contributed by atoms with Gasteiger partial charge in [0.15, 0.2) is 0 Å². The second-order valence-corrected chi connectivity index (χ2v) is 7.08. The van der Waals surface area contributed by atoms with Gasteiger partial charge in [0.1, 0.15) is 5.25 Å². The van der Waals surface area contributed by atoms with Gasteiger partial charge in [0, 0.05) is 18.0 Å². The SMILES string of the molecule is CC1CCN(C(=O)C(Sc2ccccc2)c2ccccc2)C1. The summed E-state index contributed by atoms with van der Waals surface area (Å²) in [6.07, 6.45) is 1.11. The summed E-state index contributed by atoms with van der Waals surface area (Å²) in [6.45, 7) is 3.99. The van der Waals surface area contributed by atoms with Gasteiger partial charge >= 0.3 is 0 Å². The van der Waals surface area contributed by atoms with Crippen molar-refractivity contribution in [3.63, 3.8) is 0 Å². The van der Waals surface area contributed by atoms with Crippen molar-refractivity contribution in [1.82, 2.24) is 4.90 Å². The van der Waals surface area contributed by atoms with Crippen LogP contribution in [0.2, 0.25) is 0 Å². The van der Waals surface area contributed by atoms with E-state index in [2.05, 4.69) is 31.2 Å². The minimum absolute atomic E-state index is 0.158. The molecule has 22 heavy (non-hydrogen) atoms. The van der Waals surface area contributed by atoms with Crippen LogP contribution in [-0.4, -0.2) is 23.9 Å². The molecule has 0 radical (unpaired) electrons. The summed E-state index contributed by atoms with van der Waals surface area (Å²) in [4.78, 5) is 16.2. The normalized spacial score (nSPS) is 19.1. The molecule has 2 unspecified atom stereocenters. The first kappa shape index (κ1) is 15.2. The molecule has 114 valence electrons. The van der Waals surface area contributed by atoms with Gasteiger partial charge in [-0.3, -0.25) is 4.79 Å². The highest BCUT2D eigenvalue weighted by molar-refractivity contribution is 8.00. The van der Waals surface area contributed by atoms with Crippen LogP contribution in [0, 0.1) is 5.92 Å². The minimum Gasteiger partial charge on any atom is -0.341 e. The van der Waals surface area contributed by atoms with Crippen molar-refractivity contribution >= 4 is 17.7 Å². The van der Waals surface area contributed by atoms with E-state index in [9.17, 15) is 4.79 Å². The summed E-state index contributed by atoms with van der Waals surface area (Å²) < 4.78 is 0. The van der Waals surface area contributed by atoms with E-state index in [1.807, 2.05) is 41.3 Å². The predicted molar refractivity (Wildman–Crippen MR) is 91.8 cm³/mol. The lowest BCUT2D eigenvalue weighted by Gasteiger charge is -2.23. The van der Waals surface area contributed by atoms with Crippen LogP contribution in [0.4, 0.5) is 0 Å². The van der Waals surface area contributed by atoms with Gasteiger partial charge in [-0.25, -0.2) is 0 Å². The number of hydrogen-bond acceptors (Lipinski definition) is 2. The third-order valence-electron chi connectivity index (χ3n) is 4.06. The fraction of sp³-hybridized carbons (Fsp3) is 0.316. The molecule has 1 amide bonds. The third-order valence-corrected chi connectivity index (χ3v) is 5.31. The number of likely N-dealkylation sites (tertiary alicyclic amines) is 1. The predicted octanol–water partition coefficient (Wildman–Crippen LogP) is 4.39. The molecule has 1 aliphatic rings. The van der Waals surface area contributed by atoms with Gasteiger partial charge in [-0.2, -0.15) is 0 Å². The van der Waals surface area contributed by atoms with Crippen LogP contribution in [-0.2, 0) is 4.79 Å². The molecule has 1 heterocycles. The monoisotopic (exact) mass is 311 g/mol. The Kier molecular flexibility index (Phi) is 4.84. The molecular weight excluding hydrogens is 290 g/mol. The Labute approximate surface area is 136 Å². The summed E-state index contributed by atoms with van der Waals surface area (Å²) >= 11 is 1.65. The maximum atomic E-state index is 13.0. The maximum absolute atomic E-state index is 13.0. The molecule has 0 saturated carbocycles. The Morgan fingerprint density at radius 1 is 1.09 bits per heavy atom. The average Bonchev–Trinajstić information content (AvgIpc) is 3.00. The topological polar surface area (TPSA) is 20.3 Å². The van der Waals surface area contributed by atoms with Crippen LogP contribution in [0.1, 0.15) is 24.2 Å². The molecule has 2 aromatic carbocycles. The van der Waals surface area contributed by atoms with E-state index in [1.165, 1.54) is 0 Å². The van der Waals surface area contributed by atoms with Gasteiger partial charge < -0.3 is 4.90 Å². The zero-order valence-electron chi connectivity index (χ0n) is 12.8. The zero-order chi connectivity index (χ0) is 15.4. The van der Waals surface area contributed by atoms with Crippen molar-refractivity contribution in [1.29, 1.82) is 0 Å². The van der Waals surface area contributed by atoms with Crippen LogP contribution in [0.15, 0.2) is 65.6 Å². The van der Waals surface area contributed by atoms with Crippen molar-refractivity contribution in [2.45, 2.75) is 23.5 Å². The Bertz CT molecular complexity index is 614. The van der Waals surface area contributed by atoms with E-state index >= 15 is 0 Å². The molecule has 0 bridgehead atoms. The number of hydrogen-bond donors (Lipinski definition) is 0. The van der Waals surface area contributed by atoms with E-state index in [1.54, 1.807) is 11.8 Å². The largest absolute Gasteiger partial charge is 0.341 e. The van der Waals surface area contributed by atoms with Gasteiger partial charge in [0.25, 0.3) is 0 Å². The first-order valence-corrected chi connectivity index (χ1v) is 8.67. The van der Waals surface area contributed by atoms with E-state index in [0.717, 1.165) is 30.0 Å². The van der Waals surface area contributed by atoms with E-state index in [0.29, 0.717) is 5.92 Å². The first-order chi connectivity index (χ1) is 10.7. The fourth-order valence-corrected chi connectivity index (χ4v) is 3.95. The Balaban J connectivity index is 1.84. The maximum Gasteiger partial charge on any atom is 0.240 e. The lowest BCUT2D eigenvalue weighted by Crippen LogP contribution is -2.32. The Hall–Kier alpha value is -1.74. The zero-order valence-corrected chi connectivity index (χ0v) is 13.6. The van der Waals surface area contributed by atoms with Gasteiger partial charge in [0.2, 0.25) is 5.91 Å². The summed E-state index contributed by atoms with van der Waals surface area (Å²) in [7, 11) is 0. The van der Waals surface area contributed by atoms with Crippen LogP contribution in [0.5, 0.6) is 0 Å². The van der Waals surface area contributed by atoms with Crippen molar-refractivity contribution < 1.29 is 4.79 Å². The van der Waals surface area contributed by atoms with Gasteiger partial charge in [-0.05, 0) is 30.0 Å². The molecule has 0 N–H and O–H groups in total. The highest BCUT2D eigenvalue weighted by Gasteiger charge is 2.30. The number of amides is 1. The van der Waals surface area contributed by atoms with Gasteiger partial charge in [0.05, 0.1) is 0 Å². The van der Waals surface area contributed by atoms with E-state index < -0.39 is 0 Å². The molecule has 1 fully saturated rings. The lowest BCUT2D eigenvalue weighted by molar-refractivity contribution is -0.129. The summed E-state index contributed by atoms with van der Waals surface area (Å²) in [6, 6.07) is 20.3. The summed E-state index contributed by atoms with van der Waals surface area (Å²) in [5, 5.41) is -0.158. The third kappa shape index (κ3) is 3.53. The van der Waals surface area contributed by atoms with Crippen molar-refractivity contribution in [2.24, 2.45) is 5.92 Å². The van der Waals surface area contributed by atoms with Crippen LogP contribution < -0.4 is 0 Å². The number of thioether (sulfide) groups is 1. The second-order valence-electron chi connectivity index (χ2n) is 5.90. The summed E-state index contributed by atoms with van der Waals surface area (Å²) in [5.74, 6) is 0.853.